The van der Waals surface area contributed by atoms with E-state index in [1.807, 2.05) is 0 Å². The highest BCUT2D eigenvalue weighted by molar-refractivity contribution is 7.85. The van der Waals surface area contributed by atoms with E-state index in [-0.39, 0.29) is 11.5 Å². The minimum Gasteiger partial charge on any atom is -0.493 e. The molecule has 0 aliphatic rings. The highest BCUT2D eigenvalue weighted by Gasteiger charge is 2.17. The van der Waals surface area contributed by atoms with Gasteiger partial charge in [0.1, 0.15) is 0 Å². The molecule has 0 aliphatic carbocycles. The number of carbonyl (C=O) groups excluding carboxylic acids is 1. The van der Waals surface area contributed by atoms with Crippen molar-refractivity contribution in [2.75, 3.05) is 33.3 Å². The van der Waals surface area contributed by atoms with Crippen LogP contribution in [0.5, 0.6) is 17.2 Å². The summed E-state index contributed by atoms with van der Waals surface area (Å²) in [7, 11) is 3.26. The lowest BCUT2D eigenvalue weighted by atomic mass is 10.1. The van der Waals surface area contributed by atoms with Gasteiger partial charge < -0.3 is 14.2 Å². The maximum absolute atomic E-state index is 11.8. The molecule has 1 aromatic carbocycles. The largest absolute Gasteiger partial charge is 0.493 e. The molecule has 0 N–H and O–H groups in total. The van der Waals surface area contributed by atoms with Crippen molar-refractivity contribution in [2.24, 2.45) is 0 Å². The summed E-state index contributed by atoms with van der Waals surface area (Å²) in [5.74, 6) is 0.979. The van der Waals surface area contributed by atoms with Crippen molar-refractivity contribution in [3.63, 3.8) is 0 Å². The van der Waals surface area contributed by atoms with Gasteiger partial charge in [0.05, 0.1) is 27.1 Å². The molecule has 100 valence electrons. The first-order valence-corrected chi connectivity index (χ1v) is 6.89. The topological polar surface area (TPSA) is 61.8 Å². The molecule has 0 saturated heterocycles. The van der Waals surface area contributed by atoms with Gasteiger partial charge in [-0.1, -0.05) is 0 Å². The summed E-state index contributed by atoms with van der Waals surface area (Å²) in [6.45, 7) is 0. The van der Waals surface area contributed by atoms with Gasteiger partial charge in [0.15, 0.2) is 17.3 Å². The average Bonchev–Trinajstić information content (AvgIpc) is 2.35. The second-order valence-corrected chi connectivity index (χ2v) is 4.99. The number of ether oxygens (including phenoxy) is 3. The molecule has 0 bridgehead atoms. The van der Waals surface area contributed by atoms with Crippen LogP contribution < -0.4 is 14.2 Å². The molecule has 1 atom stereocenters. The van der Waals surface area contributed by atoms with Gasteiger partial charge in [0.25, 0.3) is 0 Å². The fourth-order valence-electron chi connectivity index (χ4n) is 1.51. The minimum atomic E-state index is -1.18. The summed E-state index contributed by atoms with van der Waals surface area (Å²) in [6.07, 6.45) is 1.48. The molecule has 0 aliphatic heterocycles. The van der Waals surface area contributed by atoms with Crippen LogP contribution in [0.4, 0.5) is 0 Å². The van der Waals surface area contributed by atoms with E-state index < -0.39 is 10.8 Å². The highest BCUT2D eigenvalue weighted by Crippen LogP contribution is 2.38. The molecule has 0 aromatic heterocycles. The molecule has 18 heavy (non-hydrogen) atoms. The fourth-order valence-corrected chi connectivity index (χ4v) is 2.05. The Hall–Kier alpha value is -1.56. The molecule has 0 unspecified atom stereocenters. The van der Waals surface area contributed by atoms with E-state index in [1.165, 1.54) is 27.6 Å². The second kappa shape index (κ2) is 6.39. The Balaban J connectivity index is 3.22. The van der Waals surface area contributed by atoms with Gasteiger partial charge in [-0.05, 0) is 12.1 Å². The Morgan fingerprint density at radius 3 is 1.94 bits per heavy atom. The zero-order valence-electron chi connectivity index (χ0n) is 10.8. The van der Waals surface area contributed by atoms with Crippen molar-refractivity contribution < 1.29 is 23.2 Å². The number of methoxy groups -OCH3 is 3. The third kappa shape index (κ3) is 3.22. The van der Waals surface area contributed by atoms with Crippen molar-refractivity contribution in [3.05, 3.63) is 17.7 Å². The van der Waals surface area contributed by atoms with E-state index in [9.17, 15) is 9.00 Å². The molecule has 6 heteroatoms. The lowest BCUT2D eigenvalue weighted by Crippen LogP contribution is -2.10. The standard InChI is InChI=1S/C12H16O5S/c1-15-10-5-8(9(13)7-18(4)14)6-11(16-2)12(10)17-3/h5-6H,7H2,1-4H3/t18-/m1/s1. The van der Waals surface area contributed by atoms with Crippen molar-refractivity contribution in [1.29, 1.82) is 0 Å². The van der Waals surface area contributed by atoms with Crippen LogP contribution in [0.25, 0.3) is 0 Å². The number of ketones is 1. The smallest absolute Gasteiger partial charge is 0.203 e. The first-order chi connectivity index (χ1) is 8.53. The van der Waals surface area contributed by atoms with Gasteiger partial charge in [0.2, 0.25) is 5.75 Å². The Kier molecular flexibility index (Phi) is 5.15. The normalized spacial score (nSPS) is 11.8. The third-order valence-corrected chi connectivity index (χ3v) is 2.99. The molecule has 0 amide bonds. The predicted octanol–water partition coefficient (Wildman–Crippen LogP) is 1.27. The number of carbonyl (C=O) groups is 1. The SMILES string of the molecule is COc1cc(C(=O)C[S@@](C)=O)cc(OC)c1OC. The van der Waals surface area contributed by atoms with E-state index >= 15 is 0 Å². The molecule has 0 fully saturated rings. The Labute approximate surface area is 108 Å². The minimum absolute atomic E-state index is 0.0291. The second-order valence-electron chi connectivity index (χ2n) is 3.55. The molecule has 0 saturated carbocycles. The Morgan fingerprint density at radius 1 is 1.11 bits per heavy atom. The maximum Gasteiger partial charge on any atom is 0.203 e. The zero-order chi connectivity index (χ0) is 13.7. The number of hydrogen-bond donors (Lipinski definition) is 0. The van der Waals surface area contributed by atoms with Gasteiger partial charge in [-0.15, -0.1) is 0 Å². The third-order valence-electron chi connectivity index (χ3n) is 2.32. The molecular weight excluding hydrogens is 256 g/mol. The van der Waals surface area contributed by atoms with Gasteiger partial charge in [0, 0.05) is 22.6 Å². The van der Waals surface area contributed by atoms with Gasteiger partial charge in [-0.2, -0.15) is 0 Å². The van der Waals surface area contributed by atoms with Crippen LogP contribution in [0.3, 0.4) is 0 Å². The van der Waals surface area contributed by atoms with Gasteiger partial charge >= 0.3 is 0 Å². The summed E-state index contributed by atoms with van der Waals surface area (Å²) in [4.78, 5) is 11.8. The van der Waals surface area contributed by atoms with E-state index in [0.717, 1.165) is 0 Å². The molecule has 1 rings (SSSR count). The van der Waals surface area contributed by atoms with E-state index in [2.05, 4.69) is 0 Å². The summed E-state index contributed by atoms with van der Waals surface area (Å²) < 4.78 is 26.5. The molecule has 0 radical (unpaired) electrons. The summed E-state index contributed by atoms with van der Waals surface area (Å²) in [6, 6.07) is 3.10. The predicted molar refractivity (Wildman–Crippen MR) is 69.4 cm³/mol. The van der Waals surface area contributed by atoms with Crippen molar-refractivity contribution >= 4 is 16.6 Å². The van der Waals surface area contributed by atoms with Crippen molar-refractivity contribution in [2.45, 2.75) is 0 Å². The van der Waals surface area contributed by atoms with Crippen LogP contribution >= 0.6 is 0 Å². The van der Waals surface area contributed by atoms with Crippen LogP contribution in [0.2, 0.25) is 0 Å². The molecule has 5 nitrogen and oxygen atoms in total. The van der Waals surface area contributed by atoms with Crippen LogP contribution in [0.1, 0.15) is 10.4 Å². The lowest BCUT2D eigenvalue weighted by Gasteiger charge is -2.13. The molecule has 0 heterocycles. The van der Waals surface area contributed by atoms with E-state index in [4.69, 9.17) is 14.2 Å². The fraction of sp³-hybridized carbons (Fsp3) is 0.417. The Bertz CT molecular complexity index is 445. The van der Waals surface area contributed by atoms with E-state index in [1.54, 1.807) is 12.1 Å². The Morgan fingerprint density at radius 2 is 1.61 bits per heavy atom. The summed E-state index contributed by atoms with van der Waals surface area (Å²) in [5.41, 5.74) is 0.389. The van der Waals surface area contributed by atoms with Crippen molar-refractivity contribution in [3.8, 4) is 17.2 Å². The summed E-state index contributed by atoms with van der Waals surface area (Å²) in [5, 5.41) is 0. The first kappa shape index (κ1) is 14.5. The van der Waals surface area contributed by atoms with E-state index in [0.29, 0.717) is 22.8 Å². The maximum atomic E-state index is 11.8. The van der Waals surface area contributed by atoms with Crippen LogP contribution in [-0.4, -0.2) is 43.3 Å². The van der Waals surface area contributed by atoms with Crippen molar-refractivity contribution in [1.82, 2.24) is 0 Å². The monoisotopic (exact) mass is 272 g/mol. The lowest BCUT2D eigenvalue weighted by molar-refractivity contribution is 0.102. The number of hydrogen-bond acceptors (Lipinski definition) is 5. The number of Topliss-reactive ketones (excluding diaryl/α,β-unsaturated/α-hetero) is 1. The average molecular weight is 272 g/mol. The van der Waals surface area contributed by atoms with Crippen LogP contribution in [-0.2, 0) is 10.8 Å². The van der Waals surface area contributed by atoms with Gasteiger partial charge in [-0.3, -0.25) is 9.00 Å². The van der Waals surface area contributed by atoms with Crippen LogP contribution in [0, 0.1) is 0 Å². The quantitative estimate of drug-likeness (QED) is 0.730. The summed E-state index contributed by atoms with van der Waals surface area (Å²) >= 11 is 0. The molecule has 0 spiro atoms. The number of benzene rings is 1. The highest BCUT2D eigenvalue weighted by atomic mass is 32.2. The molecular formula is C12H16O5S. The van der Waals surface area contributed by atoms with Gasteiger partial charge in [-0.25, -0.2) is 0 Å². The molecule has 1 aromatic rings. The number of rotatable bonds is 6. The first-order valence-electron chi connectivity index (χ1n) is 5.16. The zero-order valence-corrected chi connectivity index (χ0v) is 11.6. The van der Waals surface area contributed by atoms with Crippen LogP contribution in [0.15, 0.2) is 12.1 Å².